The fraction of sp³-hybridized carbons (Fsp3) is 0.188. The highest BCUT2D eigenvalue weighted by Gasteiger charge is 2.20. The summed E-state index contributed by atoms with van der Waals surface area (Å²) < 4.78 is 9.39. The van der Waals surface area contributed by atoms with E-state index in [0.29, 0.717) is 11.3 Å². The Morgan fingerprint density at radius 2 is 2.00 bits per heavy atom. The first-order valence-corrected chi connectivity index (χ1v) is 6.72. The number of carbonyl (C=O) groups is 1. The molecule has 2 N–H and O–H groups in total. The molecular weight excluding hydrogens is 300 g/mol. The number of esters is 1. The van der Waals surface area contributed by atoms with Gasteiger partial charge in [-0.2, -0.15) is 5.10 Å². The second-order valence-corrected chi connectivity index (χ2v) is 4.58. The number of carbonyl (C=O) groups excluding carboxylic acids is 1. The van der Waals surface area contributed by atoms with Crippen molar-refractivity contribution in [3.8, 4) is 11.3 Å². The molecule has 2 aromatic rings. The van der Waals surface area contributed by atoms with Crippen LogP contribution in [0.2, 0.25) is 0 Å². The van der Waals surface area contributed by atoms with Gasteiger partial charge in [-0.05, 0) is 6.08 Å². The van der Waals surface area contributed by atoms with Crippen LogP contribution < -0.4 is 5.56 Å². The van der Waals surface area contributed by atoms with Crippen molar-refractivity contribution in [3.63, 3.8) is 0 Å². The maximum Gasteiger partial charge on any atom is 0.338 e. The first kappa shape index (κ1) is 16.6. The fourth-order valence-electron chi connectivity index (χ4n) is 2.00. The quantitative estimate of drug-likeness (QED) is 0.484. The maximum atomic E-state index is 11.8. The van der Waals surface area contributed by atoms with Gasteiger partial charge < -0.3 is 14.6 Å². The van der Waals surface area contributed by atoms with E-state index < -0.39 is 17.8 Å². The predicted octanol–water partition coefficient (Wildman–Crippen LogP) is 0.958. The molecule has 120 valence electrons. The lowest BCUT2D eigenvalue weighted by Crippen LogP contribution is -2.21. The number of benzene rings is 1. The summed E-state index contributed by atoms with van der Waals surface area (Å²) in [5.41, 5.74) is 0.976. The molecule has 2 rings (SSSR count). The Morgan fingerprint density at radius 3 is 2.61 bits per heavy atom. The van der Waals surface area contributed by atoms with Crippen molar-refractivity contribution in [1.29, 1.82) is 0 Å². The van der Waals surface area contributed by atoms with Crippen LogP contribution in [-0.2, 0) is 14.3 Å². The molecule has 0 spiro atoms. The molecule has 0 aliphatic rings. The Labute approximate surface area is 132 Å². The highest BCUT2D eigenvalue weighted by Crippen LogP contribution is 2.22. The van der Waals surface area contributed by atoms with E-state index in [1.54, 1.807) is 0 Å². The first-order valence-electron chi connectivity index (χ1n) is 6.72. The molecule has 0 saturated heterocycles. The predicted molar refractivity (Wildman–Crippen MR) is 83.3 cm³/mol. The molecular formula is C16H16N2O5. The summed E-state index contributed by atoms with van der Waals surface area (Å²) in [5.74, 6) is -0.765. The van der Waals surface area contributed by atoms with Gasteiger partial charge in [-0.3, -0.25) is 4.79 Å². The summed E-state index contributed by atoms with van der Waals surface area (Å²) in [6, 6.07) is 10.4. The number of aromatic nitrogens is 2. The number of nitrogens with one attached hydrogen (secondary N) is 1. The van der Waals surface area contributed by atoms with Gasteiger partial charge in [-0.25, -0.2) is 9.89 Å². The van der Waals surface area contributed by atoms with Gasteiger partial charge in [0.1, 0.15) is 0 Å². The number of ether oxygens (including phenoxy) is 2. The van der Waals surface area contributed by atoms with Gasteiger partial charge in [0.05, 0.1) is 18.4 Å². The van der Waals surface area contributed by atoms with E-state index in [1.165, 1.54) is 26.4 Å². The smallest absolute Gasteiger partial charge is 0.338 e. The lowest BCUT2D eigenvalue weighted by Gasteiger charge is -2.12. The van der Waals surface area contributed by atoms with Crippen LogP contribution in [0.15, 0.2) is 46.8 Å². The van der Waals surface area contributed by atoms with Crippen molar-refractivity contribution in [2.24, 2.45) is 0 Å². The van der Waals surface area contributed by atoms with Crippen molar-refractivity contribution in [2.45, 2.75) is 6.29 Å². The highest BCUT2D eigenvalue weighted by molar-refractivity contribution is 5.95. The number of H-pyrrole nitrogens is 1. The monoisotopic (exact) mass is 316 g/mol. The zero-order chi connectivity index (χ0) is 16.8. The van der Waals surface area contributed by atoms with E-state index in [0.717, 1.165) is 5.56 Å². The summed E-state index contributed by atoms with van der Waals surface area (Å²) in [4.78, 5) is 23.4. The van der Waals surface area contributed by atoms with Gasteiger partial charge in [0.2, 0.25) is 0 Å². The molecule has 1 heterocycles. The van der Waals surface area contributed by atoms with Crippen LogP contribution >= 0.6 is 0 Å². The van der Waals surface area contributed by atoms with Crippen LogP contribution in [0.3, 0.4) is 0 Å². The minimum Gasteiger partial charge on any atom is -0.466 e. The van der Waals surface area contributed by atoms with Crippen molar-refractivity contribution < 1.29 is 19.4 Å². The molecule has 0 radical (unpaired) electrons. The van der Waals surface area contributed by atoms with Gasteiger partial charge in [0.15, 0.2) is 6.29 Å². The number of hydrogen-bond acceptors (Lipinski definition) is 6. The van der Waals surface area contributed by atoms with E-state index in [1.807, 2.05) is 30.3 Å². The topological polar surface area (TPSA) is 102 Å². The highest BCUT2D eigenvalue weighted by atomic mass is 16.6. The van der Waals surface area contributed by atoms with E-state index in [4.69, 9.17) is 4.74 Å². The van der Waals surface area contributed by atoms with Gasteiger partial charge in [-0.15, -0.1) is 0 Å². The summed E-state index contributed by atoms with van der Waals surface area (Å²) in [7, 11) is 2.43. The zero-order valence-electron chi connectivity index (χ0n) is 12.6. The lowest BCUT2D eigenvalue weighted by atomic mass is 10.0. The number of aliphatic hydroxyl groups is 1. The Hall–Kier alpha value is -2.77. The largest absolute Gasteiger partial charge is 0.466 e. The molecule has 0 aliphatic heterocycles. The first-order chi connectivity index (χ1) is 11.1. The summed E-state index contributed by atoms with van der Waals surface area (Å²) in [5, 5.41) is 16.2. The minimum absolute atomic E-state index is 0.139. The van der Waals surface area contributed by atoms with Crippen LogP contribution in [0.5, 0.6) is 0 Å². The molecule has 7 nitrogen and oxygen atoms in total. The van der Waals surface area contributed by atoms with Crippen molar-refractivity contribution in [2.75, 3.05) is 14.2 Å². The van der Waals surface area contributed by atoms with Gasteiger partial charge in [0.25, 0.3) is 5.56 Å². The molecule has 23 heavy (non-hydrogen) atoms. The average Bonchev–Trinajstić information content (AvgIpc) is 2.59. The molecule has 1 atom stereocenters. The van der Waals surface area contributed by atoms with Crippen LogP contribution in [0, 0.1) is 0 Å². The molecule has 1 unspecified atom stereocenters. The van der Waals surface area contributed by atoms with Gasteiger partial charge >= 0.3 is 5.97 Å². The molecule has 0 bridgehead atoms. The molecule has 0 fully saturated rings. The second-order valence-electron chi connectivity index (χ2n) is 4.58. The normalized spacial score (nSPS) is 12.7. The number of rotatable bonds is 5. The van der Waals surface area contributed by atoms with Gasteiger partial charge in [0, 0.05) is 24.3 Å². The summed E-state index contributed by atoms with van der Waals surface area (Å²) in [6.45, 7) is 0. The van der Waals surface area contributed by atoms with Crippen LogP contribution in [0.25, 0.3) is 17.3 Å². The Bertz CT molecular complexity index is 768. The third-order valence-corrected chi connectivity index (χ3v) is 3.11. The third kappa shape index (κ3) is 3.91. The Kier molecular flexibility index (Phi) is 5.40. The van der Waals surface area contributed by atoms with Crippen LogP contribution in [-0.4, -0.2) is 41.8 Å². The second kappa shape index (κ2) is 7.48. The average molecular weight is 316 g/mol. The van der Waals surface area contributed by atoms with E-state index in [9.17, 15) is 14.7 Å². The molecule has 1 aromatic heterocycles. The van der Waals surface area contributed by atoms with E-state index >= 15 is 0 Å². The summed E-state index contributed by atoms with van der Waals surface area (Å²) in [6.07, 6.45) is -0.157. The zero-order valence-corrected chi connectivity index (χ0v) is 12.6. The van der Waals surface area contributed by atoms with Crippen molar-refractivity contribution >= 4 is 12.0 Å². The lowest BCUT2D eigenvalue weighted by molar-refractivity contribution is -0.141. The number of nitrogens with zero attached hydrogens (tertiary/aromatic N) is 1. The van der Waals surface area contributed by atoms with E-state index in [-0.39, 0.29) is 5.57 Å². The number of methoxy groups -OCH3 is 2. The van der Waals surface area contributed by atoms with Gasteiger partial charge in [-0.1, -0.05) is 30.3 Å². The molecule has 0 amide bonds. The van der Waals surface area contributed by atoms with E-state index in [2.05, 4.69) is 14.9 Å². The molecule has 1 aromatic carbocycles. The maximum absolute atomic E-state index is 11.8. The number of aliphatic hydroxyl groups excluding tert-OH is 1. The van der Waals surface area contributed by atoms with Crippen LogP contribution in [0.4, 0.5) is 0 Å². The third-order valence-electron chi connectivity index (χ3n) is 3.11. The number of hydrogen-bond donors (Lipinski definition) is 2. The number of aromatic amines is 1. The summed E-state index contributed by atoms with van der Waals surface area (Å²) >= 11 is 0. The van der Waals surface area contributed by atoms with Crippen LogP contribution in [0.1, 0.15) is 5.56 Å². The fourth-order valence-corrected chi connectivity index (χ4v) is 2.00. The minimum atomic E-state index is -1.48. The van der Waals surface area contributed by atoms with Crippen molar-refractivity contribution in [1.82, 2.24) is 10.2 Å². The molecule has 0 aliphatic carbocycles. The molecule has 0 saturated carbocycles. The SMILES string of the molecule is COC(=O)/C(=C/c1cc(=O)[nH]nc1-c1ccccc1)C(O)OC. The molecule has 7 heteroatoms. The Morgan fingerprint density at radius 1 is 1.30 bits per heavy atom. The van der Waals surface area contributed by atoms with Crippen molar-refractivity contribution in [3.05, 3.63) is 57.9 Å². The standard InChI is InChI=1S/C16H16N2O5/c1-22-15(20)12(16(21)23-2)8-11-9-13(19)17-18-14(11)10-6-4-3-5-7-10/h3-9,15,20H,1-2H3,(H,17,19)/b12-8+. The Balaban J connectivity index is 2.61.